The summed E-state index contributed by atoms with van der Waals surface area (Å²) in [6.07, 6.45) is 0.384. The smallest absolute Gasteiger partial charge is 0.322 e. The fourth-order valence-corrected chi connectivity index (χ4v) is 1.22. The van der Waals surface area contributed by atoms with E-state index in [9.17, 15) is 4.79 Å². The van der Waals surface area contributed by atoms with Crippen LogP contribution in [0.5, 0.6) is 0 Å². The first-order valence-electron chi connectivity index (χ1n) is 4.95. The highest BCUT2D eigenvalue weighted by Crippen LogP contribution is 2.04. The molecule has 1 aromatic heterocycles. The van der Waals surface area contributed by atoms with E-state index in [1.54, 1.807) is 6.92 Å². The normalized spacial score (nSPS) is 12.5. The molecule has 0 spiro atoms. The van der Waals surface area contributed by atoms with Gasteiger partial charge in [0.1, 0.15) is 0 Å². The number of hydrogen-bond acceptors (Lipinski definition) is 5. The van der Waals surface area contributed by atoms with Crippen molar-refractivity contribution in [1.82, 2.24) is 15.5 Å². The second-order valence-corrected chi connectivity index (χ2v) is 3.34. The molecular formula is C9H16N4O2. The van der Waals surface area contributed by atoms with Crippen molar-refractivity contribution < 1.29 is 9.21 Å². The summed E-state index contributed by atoms with van der Waals surface area (Å²) >= 11 is 0. The number of nitrogens with zero attached hydrogens (tertiary/aromatic N) is 2. The monoisotopic (exact) mass is 212 g/mol. The largest absolute Gasteiger partial charge is 0.408 e. The van der Waals surface area contributed by atoms with Crippen LogP contribution in [0.2, 0.25) is 0 Å². The molecule has 1 atom stereocenters. The average molecular weight is 212 g/mol. The molecule has 1 heterocycles. The second-order valence-electron chi connectivity index (χ2n) is 3.34. The van der Waals surface area contributed by atoms with Gasteiger partial charge in [-0.3, -0.25) is 10.1 Å². The lowest BCUT2D eigenvalue weighted by Gasteiger charge is -2.10. The van der Waals surface area contributed by atoms with E-state index < -0.39 is 0 Å². The summed E-state index contributed by atoms with van der Waals surface area (Å²) in [5, 5.41) is 13.0. The van der Waals surface area contributed by atoms with Crippen LogP contribution in [-0.4, -0.2) is 28.7 Å². The van der Waals surface area contributed by atoms with Crippen molar-refractivity contribution in [2.75, 3.05) is 11.9 Å². The first kappa shape index (κ1) is 11.6. The van der Waals surface area contributed by atoms with Gasteiger partial charge in [0.2, 0.25) is 11.8 Å². The van der Waals surface area contributed by atoms with Gasteiger partial charge in [0.25, 0.3) is 0 Å². The molecule has 0 fully saturated rings. The molecule has 1 rings (SSSR count). The maximum Gasteiger partial charge on any atom is 0.322 e. The summed E-state index contributed by atoms with van der Waals surface area (Å²) in [5.74, 6) is 0.303. The van der Waals surface area contributed by atoms with Crippen LogP contribution in [0, 0.1) is 6.92 Å². The predicted molar refractivity (Wildman–Crippen MR) is 55.4 cm³/mol. The number of carbonyl (C=O) groups is 1. The van der Waals surface area contributed by atoms with Crippen LogP contribution in [0.1, 0.15) is 26.2 Å². The van der Waals surface area contributed by atoms with Crippen LogP contribution in [-0.2, 0) is 4.79 Å². The molecule has 0 aliphatic carbocycles. The Balaban J connectivity index is 2.36. The van der Waals surface area contributed by atoms with Gasteiger partial charge in [0.05, 0.1) is 0 Å². The Hall–Kier alpha value is -1.43. The predicted octanol–water partition coefficient (Wildman–Crippen LogP) is 0.705. The lowest BCUT2D eigenvalue weighted by atomic mass is 10.2. The Morgan fingerprint density at radius 2 is 2.27 bits per heavy atom. The van der Waals surface area contributed by atoms with Gasteiger partial charge in [-0.25, -0.2) is 0 Å². The number of nitrogens with one attached hydrogen (secondary N) is 2. The van der Waals surface area contributed by atoms with Gasteiger partial charge in [0, 0.05) is 19.4 Å². The molecule has 84 valence electrons. The molecule has 6 heteroatoms. The minimum Gasteiger partial charge on any atom is -0.408 e. The fourth-order valence-electron chi connectivity index (χ4n) is 1.22. The van der Waals surface area contributed by atoms with Crippen LogP contribution in [0.25, 0.3) is 0 Å². The number of aromatic nitrogens is 2. The second kappa shape index (κ2) is 5.45. The number of aryl methyl sites for hydroxylation is 1. The van der Waals surface area contributed by atoms with E-state index >= 15 is 0 Å². The number of rotatable bonds is 5. The van der Waals surface area contributed by atoms with Crippen molar-refractivity contribution in [1.29, 1.82) is 0 Å². The summed E-state index contributed by atoms with van der Waals surface area (Å²) in [6.45, 7) is 6.45. The zero-order chi connectivity index (χ0) is 11.3. The van der Waals surface area contributed by atoms with Crippen molar-refractivity contribution in [3.63, 3.8) is 0 Å². The van der Waals surface area contributed by atoms with E-state index in [2.05, 4.69) is 20.8 Å². The SMILES string of the molecule is CCNC(C)CC(=O)Nc1nnc(C)o1. The topological polar surface area (TPSA) is 80.0 Å². The van der Waals surface area contributed by atoms with Crippen molar-refractivity contribution in [3.8, 4) is 0 Å². The summed E-state index contributed by atoms with van der Waals surface area (Å²) in [6, 6.07) is 0.292. The highest BCUT2D eigenvalue weighted by molar-refractivity contribution is 5.88. The Kier molecular flexibility index (Phi) is 4.23. The van der Waals surface area contributed by atoms with Gasteiger partial charge in [-0.2, -0.15) is 0 Å². The molecule has 1 unspecified atom stereocenters. The molecule has 0 aromatic carbocycles. The van der Waals surface area contributed by atoms with Crippen LogP contribution in [0.15, 0.2) is 4.42 Å². The van der Waals surface area contributed by atoms with Gasteiger partial charge in [-0.15, -0.1) is 5.10 Å². The van der Waals surface area contributed by atoms with E-state index in [1.807, 2.05) is 13.8 Å². The van der Waals surface area contributed by atoms with Crippen molar-refractivity contribution in [2.45, 2.75) is 33.2 Å². The van der Waals surface area contributed by atoms with Gasteiger partial charge < -0.3 is 9.73 Å². The number of carbonyl (C=O) groups excluding carboxylic acids is 1. The van der Waals surface area contributed by atoms with Crippen LogP contribution in [0.3, 0.4) is 0 Å². The lowest BCUT2D eigenvalue weighted by Crippen LogP contribution is -2.30. The van der Waals surface area contributed by atoms with E-state index in [0.29, 0.717) is 12.3 Å². The zero-order valence-electron chi connectivity index (χ0n) is 9.20. The van der Waals surface area contributed by atoms with Crippen LogP contribution >= 0.6 is 0 Å². The number of anilines is 1. The average Bonchev–Trinajstić information content (AvgIpc) is 2.51. The molecular weight excluding hydrogens is 196 g/mol. The molecule has 1 aromatic rings. The van der Waals surface area contributed by atoms with Gasteiger partial charge in [-0.1, -0.05) is 12.0 Å². The molecule has 0 radical (unpaired) electrons. The minimum absolute atomic E-state index is 0.132. The molecule has 0 aliphatic heterocycles. The highest BCUT2D eigenvalue weighted by Gasteiger charge is 2.10. The van der Waals surface area contributed by atoms with E-state index in [-0.39, 0.29) is 18.0 Å². The van der Waals surface area contributed by atoms with Crippen molar-refractivity contribution in [3.05, 3.63) is 5.89 Å². The Morgan fingerprint density at radius 1 is 1.53 bits per heavy atom. The molecule has 0 saturated heterocycles. The summed E-state index contributed by atoms with van der Waals surface area (Å²) < 4.78 is 5.02. The maximum atomic E-state index is 11.4. The molecule has 0 bridgehead atoms. The molecule has 1 amide bonds. The molecule has 0 aliphatic rings. The highest BCUT2D eigenvalue weighted by atomic mass is 16.4. The third kappa shape index (κ3) is 4.07. The molecule has 6 nitrogen and oxygen atoms in total. The number of amides is 1. The first-order valence-corrected chi connectivity index (χ1v) is 4.95. The standard InChI is InChI=1S/C9H16N4O2/c1-4-10-6(2)5-8(14)11-9-13-12-7(3)15-9/h6,10H,4-5H2,1-3H3,(H,11,13,14). The minimum atomic E-state index is -0.132. The Morgan fingerprint density at radius 3 is 2.80 bits per heavy atom. The Labute approximate surface area is 88.4 Å². The summed E-state index contributed by atoms with van der Waals surface area (Å²) in [4.78, 5) is 11.4. The number of hydrogen-bond donors (Lipinski definition) is 2. The van der Waals surface area contributed by atoms with E-state index in [1.165, 1.54) is 0 Å². The first-order chi connectivity index (χ1) is 7.11. The summed E-state index contributed by atoms with van der Waals surface area (Å²) in [5.41, 5.74) is 0. The van der Waals surface area contributed by atoms with Crippen molar-refractivity contribution >= 4 is 11.9 Å². The van der Waals surface area contributed by atoms with E-state index in [4.69, 9.17) is 4.42 Å². The summed E-state index contributed by atoms with van der Waals surface area (Å²) in [7, 11) is 0. The quantitative estimate of drug-likeness (QED) is 0.751. The Bertz CT molecular complexity index is 324. The third-order valence-electron chi connectivity index (χ3n) is 1.82. The van der Waals surface area contributed by atoms with Crippen LogP contribution in [0.4, 0.5) is 6.01 Å². The van der Waals surface area contributed by atoms with Crippen molar-refractivity contribution in [2.24, 2.45) is 0 Å². The lowest BCUT2D eigenvalue weighted by molar-refractivity contribution is -0.116. The van der Waals surface area contributed by atoms with Gasteiger partial charge >= 0.3 is 6.01 Å². The van der Waals surface area contributed by atoms with Crippen LogP contribution < -0.4 is 10.6 Å². The third-order valence-corrected chi connectivity index (χ3v) is 1.82. The zero-order valence-corrected chi connectivity index (χ0v) is 9.20. The molecule has 15 heavy (non-hydrogen) atoms. The van der Waals surface area contributed by atoms with Gasteiger partial charge in [-0.05, 0) is 13.5 Å². The van der Waals surface area contributed by atoms with E-state index in [0.717, 1.165) is 6.54 Å². The van der Waals surface area contributed by atoms with Gasteiger partial charge in [0.15, 0.2) is 0 Å². The maximum absolute atomic E-state index is 11.4. The fraction of sp³-hybridized carbons (Fsp3) is 0.667. The molecule has 0 saturated carbocycles. The molecule has 2 N–H and O–H groups in total.